The molecule has 0 unspecified atom stereocenters. The van der Waals surface area contributed by atoms with E-state index in [1.165, 1.54) is 32.1 Å². The van der Waals surface area contributed by atoms with Crippen molar-refractivity contribution >= 4 is 11.9 Å². The molecule has 0 amide bonds. The van der Waals surface area contributed by atoms with E-state index in [0.29, 0.717) is 0 Å². The number of guanidine groups is 1. The maximum atomic E-state index is 9.53. The lowest BCUT2D eigenvalue weighted by Gasteiger charge is -2.36. The number of rotatable bonds is 9. The van der Waals surface area contributed by atoms with Crippen molar-refractivity contribution in [3.8, 4) is 0 Å². The Morgan fingerprint density at radius 1 is 1.10 bits per heavy atom. The van der Waals surface area contributed by atoms with Crippen LogP contribution in [0.15, 0.2) is 23.5 Å². The molecule has 2 aliphatic rings. The molecule has 1 saturated carbocycles. The zero-order valence-corrected chi connectivity index (χ0v) is 18.5. The predicted octanol–water partition coefficient (Wildman–Crippen LogP) is 1.49. The topological polar surface area (TPSA) is 88.9 Å². The Kier molecular flexibility index (Phi) is 9.14. The summed E-state index contributed by atoms with van der Waals surface area (Å²) < 4.78 is 0. The lowest BCUT2D eigenvalue weighted by Crippen LogP contribution is -2.49. The van der Waals surface area contributed by atoms with Gasteiger partial charge in [-0.1, -0.05) is 19.3 Å². The summed E-state index contributed by atoms with van der Waals surface area (Å²) in [6, 6.07) is 1.86. The van der Waals surface area contributed by atoms with Crippen LogP contribution in [0.3, 0.4) is 0 Å². The van der Waals surface area contributed by atoms with Crippen LogP contribution in [0, 0.1) is 5.41 Å². The van der Waals surface area contributed by atoms with Gasteiger partial charge >= 0.3 is 0 Å². The molecule has 0 aromatic carbocycles. The minimum Gasteiger partial charge on any atom is -0.396 e. The van der Waals surface area contributed by atoms with E-state index in [9.17, 15) is 5.11 Å². The Bertz CT molecular complexity index is 620. The molecule has 1 aliphatic carbocycles. The largest absolute Gasteiger partial charge is 0.396 e. The number of piperazine rings is 1. The summed E-state index contributed by atoms with van der Waals surface area (Å²) >= 11 is 0. The molecule has 30 heavy (non-hydrogen) atoms. The van der Waals surface area contributed by atoms with Crippen LogP contribution in [-0.4, -0.2) is 84.9 Å². The summed E-state index contributed by atoms with van der Waals surface area (Å²) in [4.78, 5) is 18.3. The Morgan fingerprint density at radius 2 is 1.83 bits per heavy atom. The molecule has 3 N–H and O–H groups in total. The minimum atomic E-state index is 0.186. The maximum Gasteiger partial charge on any atom is 0.225 e. The van der Waals surface area contributed by atoms with Crippen molar-refractivity contribution in [1.29, 1.82) is 0 Å². The second kappa shape index (κ2) is 12.1. The standard InChI is InChI=1S/C22H39N7O/c1-2-23-20(27-19-22(9-18-30)7-4-3-5-8-22)24-12-13-28-14-16-29(17-15-28)21-25-10-6-11-26-21/h6,10-11,30H,2-5,7-9,12-19H2,1H3,(H2,23,24,27). The average molecular weight is 418 g/mol. The van der Waals surface area contributed by atoms with E-state index >= 15 is 0 Å². The molecule has 0 atom stereocenters. The van der Waals surface area contributed by atoms with E-state index in [-0.39, 0.29) is 12.0 Å². The number of aliphatic imine (C=N–C) groups is 1. The van der Waals surface area contributed by atoms with Gasteiger partial charge in [-0.05, 0) is 37.7 Å². The van der Waals surface area contributed by atoms with E-state index < -0.39 is 0 Å². The van der Waals surface area contributed by atoms with E-state index in [4.69, 9.17) is 4.99 Å². The number of nitrogens with one attached hydrogen (secondary N) is 2. The molecule has 2 fully saturated rings. The molecule has 1 aliphatic heterocycles. The number of hydrogen-bond acceptors (Lipinski definition) is 6. The maximum absolute atomic E-state index is 9.53. The van der Waals surface area contributed by atoms with Gasteiger partial charge in [0.2, 0.25) is 5.95 Å². The Hall–Kier alpha value is -1.93. The molecule has 1 aromatic heterocycles. The summed E-state index contributed by atoms with van der Waals surface area (Å²) in [5, 5.41) is 16.4. The minimum absolute atomic E-state index is 0.186. The smallest absolute Gasteiger partial charge is 0.225 e. The summed E-state index contributed by atoms with van der Waals surface area (Å²) in [7, 11) is 0. The van der Waals surface area contributed by atoms with Gasteiger partial charge in [0, 0.05) is 71.4 Å². The first-order valence-electron chi connectivity index (χ1n) is 11.6. The second-order valence-electron chi connectivity index (χ2n) is 8.53. The first-order chi connectivity index (χ1) is 14.7. The lowest BCUT2D eigenvalue weighted by molar-refractivity contribution is 0.137. The van der Waals surface area contributed by atoms with Gasteiger partial charge in [-0.15, -0.1) is 0 Å². The molecular formula is C22H39N7O. The SMILES string of the molecule is CCNC(=NCC1(CCO)CCCCC1)NCCN1CCN(c2ncccn2)CC1. The van der Waals surface area contributed by atoms with Crippen LogP contribution in [0.4, 0.5) is 5.95 Å². The third kappa shape index (κ3) is 6.80. The van der Waals surface area contributed by atoms with Gasteiger partial charge < -0.3 is 20.6 Å². The highest BCUT2D eigenvalue weighted by Gasteiger charge is 2.31. The Morgan fingerprint density at radius 3 is 2.50 bits per heavy atom. The van der Waals surface area contributed by atoms with Crippen molar-refractivity contribution in [3.05, 3.63) is 18.5 Å². The van der Waals surface area contributed by atoms with Crippen LogP contribution in [0.5, 0.6) is 0 Å². The van der Waals surface area contributed by atoms with Crippen LogP contribution in [0.25, 0.3) is 0 Å². The highest BCUT2D eigenvalue weighted by Crippen LogP contribution is 2.39. The predicted molar refractivity (Wildman–Crippen MR) is 122 cm³/mol. The molecule has 8 heteroatoms. The van der Waals surface area contributed by atoms with Crippen LogP contribution in [0.1, 0.15) is 45.4 Å². The number of hydrogen-bond donors (Lipinski definition) is 3. The van der Waals surface area contributed by atoms with Crippen molar-refractivity contribution in [2.75, 3.05) is 63.9 Å². The van der Waals surface area contributed by atoms with Gasteiger partial charge in [0.1, 0.15) is 0 Å². The fourth-order valence-electron chi connectivity index (χ4n) is 4.57. The molecule has 168 valence electrons. The molecule has 8 nitrogen and oxygen atoms in total. The summed E-state index contributed by atoms with van der Waals surface area (Å²) in [6.45, 7) is 9.86. The molecule has 1 saturated heterocycles. The van der Waals surface area contributed by atoms with Gasteiger partial charge in [0.25, 0.3) is 0 Å². The third-order valence-electron chi connectivity index (χ3n) is 6.40. The molecule has 1 aromatic rings. The fourth-order valence-corrected chi connectivity index (χ4v) is 4.57. The zero-order chi connectivity index (χ0) is 21.1. The highest BCUT2D eigenvalue weighted by atomic mass is 16.3. The monoisotopic (exact) mass is 417 g/mol. The first kappa shape index (κ1) is 22.7. The summed E-state index contributed by atoms with van der Waals surface area (Å²) in [5.41, 5.74) is 0.186. The van der Waals surface area contributed by atoms with Gasteiger partial charge in [-0.25, -0.2) is 9.97 Å². The third-order valence-corrected chi connectivity index (χ3v) is 6.40. The van der Waals surface area contributed by atoms with Crippen LogP contribution in [-0.2, 0) is 0 Å². The summed E-state index contributed by atoms with van der Waals surface area (Å²) in [5.74, 6) is 1.73. The molecular weight excluding hydrogens is 378 g/mol. The molecule has 0 radical (unpaired) electrons. The molecule has 2 heterocycles. The second-order valence-corrected chi connectivity index (χ2v) is 8.53. The van der Waals surface area contributed by atoms with Crippen LogP contribution >= 0.6 is 0 Å². The van der Waals surface area contributed by atoms with E-state index in [1.807, 2.05) is 6.07 Å². The number of aromatic nitrogens is 2. The van der Waals surface area contributed by atoms with Crippen molar-refractivity contribution in [1.82, 2.24) is 25.5 Å². The quantitative estimate of drug-likeness (QED) is 0.414. The van der Waals surface area contributed by atoms with Gasteiger partial charge in [-0.2, -0.15) is 0 Å². The van der Waals surface area contributed by atoms with Gasteiger partial charge in [0.15, 0.2) is 5.96 Å². The Balaban J connectivity index is 1.43. The molecule has 0 spiro atoms. The van der Waals surface area contributed by atoms with E-state index in [0.717, 1.165) is 70.7 Å². The average Bonchev–Trinajstić information content (AvgIpc) is 2.79. The number of anilines is 1. The Labute approximate surface area is 181 Å². The van der Waals surface area contributed by atoms with Gasteiger partial charge in [-0.3, -0.25) is 9.89 Å². The van der Waals surface area contributed by atoms with Crippen LogP contribution in [0.2, 0.25) is 0 Å². The lowest BCUT2D eigenvalue weighted by atomic mass is 9.72. The van der Waals surface area contributed by atoms with Crippen molar-refractivity contribution < 1.29 is 5.11 Å². The molecule has 3 rings (SSSR count). The zero-order valence-electron chi connectivity index (χ0n) is 18.5. The van der Waals surface area contributed by atoms with Crippen molar-refractivity contribution in [3.63, 3.8) is 0 Å². The van der Waals surface area contributed by atoms with Crippen molar-refractivity contribution in [2.24, 2.45) is 10.4 Å². The normalized spacial score (nSPS) is 20.2. The van der Waals surface area contributed by atoms with Crippen LogP contribution < -0.4 is 15.5 Å². The number of aliphatic hydroxyl groups is 1. The first-order valence-corrected chi connectivity index (χ1v) is 11.6. The van der Waals surface area contributed by atoms with Gasteiger partial charge in [0.05, 0.1) is 0 Å². The van der Waals surface area contributed by atoms with E-state index in [2.05, 4.69) is 37.3 Å². The molecule has 0 bridgehead atoms. The summed E-state index contributed by atoms with van der Waals surface area (Å²) in [6.07, 6.45) is 10.7. The highest BCUT2D eigenvalue weighted by molar-refractivity contribution is 5.79. The van der Waals surface area contributed by atoms with E-state index in [1.54, 1.807) is 12.4 Å². The number of nitrogens with zero attached hydrogens (tertiary/aromatic N) is 5. The van der Waals surface area contributed by atoms with Crippen molar-refractivity contribution in [2.45, 2.75) is 45.4 Å². The fraction of sp³-hybridized carbons (Fsp3) is 0.773. The number of aliphatic hydroxyl groups excluding tert-OH is 1.